The lowest BCUT2D eigenvalue weighted by Crippen LogP contribution is -2.43. The molecule has 1 aliphatic carbocycles. The third-order valence-electron chi connectivity index (χ3n) is 7.71. The molecule has 34 heavy (non-hydrogen) atoms. The topological polar surface area (TPSA) is 61.8 Å². The third-order valence-corrected chi connectivity index (χ3v) is 12.2. The molecule has 1 aromatic carbocycles. The molecular weight excluding hydrogens is 444 g/mol. The first-order valence-corrected chi connectivity index (χ1v) is 15.7. The number of rotatable bonds is 10. The van der Waals surface area contributed by atoms with Gasteiger partial charge in [-0.3, -0.25) is 4.79 Å². The van der Waals surface area contributed by atoms with Gasteiger partial charge in [0.1, 0.15) is 12.2 Å². The van der Waals surface area contributed by atoms with Crippen LogP contribution in [0.2, 0.25) is 18.1 Å². The fraction of sp³-hybridized carbons (Fsp3) is 0.643. The minimum Gasteiger partial charge on any atom is -0.462 e. The van der Waals surface area contributed by atoms with Crippen LogP contribution in [-0.4, -0.2) is 38.6 Å². The van der Waals surface area contributed by atoms with Gasteiger partial charge in [-0.05, 0) is 36.7 Å². The molecular formula is C28H42O5Si. The molecule has 0 aromatic heterocycles. The molecule has 0 spiro atoms. The van der Waals surface area contributed by atoms with Crippen LogP contribution >= 0.6 is 0 Å². The predicted molar refractivity (Wildman–Crippen MR) is 137 cm³/mol. The molecule has 1 heterocycles. The Kier molecular flexibility index (Phi) is 8.80. The van der Waals surface area contributed by atoms with Gasteiger partial charge in [-0.25, -0.2) is 4.79 Å². The molecule has 2 fully saturated rings. The summed E-state index contributed by atoms with van der Waals surface area (Å²) in [5.41, 5.74) is 0.540. The first-order valence-electron chi connectivity index (χ1n) is 12.8. The highest BCUT2D eigenvalue weighted by molar-refractivity contribution is 6.74. The van der Waals surface area contributed by atoms with E-state index in [2.05, 4.69) is 52.9 Å². The van der Waals surface area contributed by atoms with Gasteiger partial charge in [0.05, 0.1) is 18.1 Å². The zero-order valence-electron chi connectivity index (χ0n) is 21.7. The van der Waals surface area contributed by atoms with Crippen molar-refractivity contribution in [1.82, 2.24) is 0 Å². The van der Waals surface area contributed by atoms with Crippen molar-refractivity contribution in [2.45, 2.75) is 103 Å². The van der Waals surface area contributed by atoms with Crippen LogP contribution < -0.4 is 0 Å². The Morgan fingerprint density at radius 2 is 1.91 bits per heavy atom. The van der Waals surface area contributed by atoms with E-state index in [0.717, 1.165) is 12.8 Å². The number of benzene rings is 1. The Balaban J connectivity index is 1.78. The second-order valence-corrected chi connectivity index (χ2v) is 16.1. The second kappa shape index (κ2) is 11.2. The smallest absolute Gasteiger partial charge is 0.338 e. The fourth-order valence-electron chi connectivity index (χ4n) is 4.67. The first kappa shape index (κ1) is 26.7. The van der Waals surface area contributed by atoms with Crippen LogP contribution in [0.3, 0.4) is 0 Å². The van der Waals surface area contributed by atoms with E-state index in [0.29, 0.717) is 18.4 Å². The molecule has 6 heteroatoms. The van der Waals surface area contributed by atoms with Crippen molar-refractivity contribution >= 4 is 20.3 Å². The van der Waals surface area contributed by atoms with Gasteiger partial charge in [0.15, 0.2) is 8.32 Å². The number of carbonyl (C=O) groups excluding carboxylic acids is 2. The van der Waals surface area contributed by atoms with Gasteiger partial charge in [-0.2, -0.15) is 0 Å². The van der Waals surface area contributed by atoms with Gasteiger partial charge in [0.25, 0.3) is 0 Å². The molecule has 0 amide bonds. The van der Waals surface area contributed by atoms with Crippen molar-refractivity contribution in [1.29, 1.82) is 0 Å². The van der Waals surface area contributed by atoms with Crippen LogP contribution in [0, 0.1) is 11.8 Å². The van der Waals surface area contributed by atoms with Gasteiger partial charge in [-0.1, -0.05) is 77.3 Å². The van der Waals surface area contributed by atoms with Crippen molar-refractivity contribution in [3.63, 3.8) is 0 Å². The summed E-state index contributed by atoms with van der Waals surface area (Å²) in [6.45, 7) is 13.6. The van der Waals surface area contributed by atoms with Crippen LogP contribution in [0.1, 0.15) is 76.6 Å². The number of unbranched alkanes of at least 4 members (excludes halogenated alkanes) is 2. The molecule has 3 rings (SSSR count). The van der Waals surface area contributed by atoms with E-state index in [4.69, 9.17) is 13.9 Å². The van der Waals surface area contributed by atoms with E-state index in [9.17, 15) is 9.59 Å². The first-order chi connectivity index (χ1) is 16.0. The number of ether oxygens (including phenoxy) is 2. The number of esters is 2. The lowest BCUT2D eigenvalue weighted by Gasteiger charge is -2.39. The van der Waals surface area contributed by atoms with Crippen molar-refractivity contribution < 1.29 is 23.5 Å². The van der Waals surface area contributed by atoms with E-state index >= 15 is 0 Å². The van der Waals surface area contributed by atoms with Gasteiger partial charge in [0.2, 0.25) is 0 Å². The minimum atomic E-state index is -1.95. The van der Waals surface area contributed by atoms with E-state index < -0.39 is 8.32 Å². The van der Waals surface area contributed by atoms with Crippen LogP contribution in [0.15, 0.2) is 42.5 Å². The Morgan fingerprint density at radius 3 is 2.56 bits per heavy atom. The average molecular weight is 487 g/mol. The summed E-state index contributed by atoms with van der Waals surface area (Å²) in [6.07, 6.45) is 9.22. The van der Waals surface area contributed by atoms with Gasteiger partial charge >= 0.3 is 11.9 Å². The van der Waals surface area contributed by atoms with Crippen LogP contribution in [0.25, 0.3) is 0 Å². The molecule has 0 radical (unpaired) electrons. The Hall–Kier alpha value is -1.92. The number of hydrogen-bond acceptors (Lipinski definition) is 5. The van der Waals surface area contributed by atoms with Crippen molar-refractivity contribution in [2.24, 2.45) is 11.8 Å². The second-order valence-electron chi connectivity index (χ2n) is 11.3. The van der Waals surface area contributed by atoms with Crippen molar-refractivity contribution in [2.75, 3.05) is 0 Å². The lowest BCUT2D eigenvalue weighted by atomic mass is 9.91. The quantitative estimate of drug-likeness (QED) is 0.160. The highest BCUT2D eigenvalue weighted by Gasteiger charge is 2.51. The van der Waals surface area contributed by atoms with E-state index in [1.54, 1.807) is 12.1 Å². The van der Waals surface area contributed by atoms with Gasteiger partial charge in [0, 0.05) is 18.3 Å². The fourth-order valence-corrected chi connectivity index (χ4v) is 5.97. The van der Waals surface area contributed by atoms with E-state index in [-0.39, 0.29) is 47.1 Å². The Labute approximate surface area is 206 Å². The maximum absolute atomic E-state index is 12.8. The van der Waals surface area contributed by atoms with Crippen LogP contribution in [0.5, 0.6) is 0 Å². The summed E-state index contributed by atoms with van der Waals surface area (Å²) >= 11 is 0. The predicted octanol–water partition coefficient (Wildman–Crippen LogP) is 6.69. The monoisotopic (exact) mass is 486 g/mol. The highest BCUT2D eigenvalue weighted by Crippen LogP contribution is 2.44. The number of hydrogen-bond donors (Lipinski definition) is 0. The molecule has 5 atom stereocenters. The summed E-state index contributed by atoms with van der Waals surface area (Å²) in [7, 11) is -1.95. The maximum atomic E-state index is 12.8. The average Bonchev–Trinajstić information content (AvgIpc) is 3.27. The zero-order chi connectivity index (χ0) is 24.9. The molecule has 1 aromatic rings. The van der Waals surface area contributed by atoms with Gasteiger partial charge < -0.3 is 13.9 Å². The number of fused-ring (bicyclic) bond motifs is 1. The Bertz CT molecular complexity index is 857. The Morgan fingerprint density at radius 1 is 1.21 bits per heavy atom. The molecule has 0 bridgehead atoms. The summed E-state index contributed by atoms with van der Waals surface area (Å²) in [6, 6.07) is 9.07. The minimum absolute atomic E-state index is 0.0231. The van der Waals surface area contributed by atoms with Crippen LogP contribution in [0.4, 0.5) is 0 Å². The SMILES string of the molecule is CCCCCC(C=CC1C(OC(=O)c2ccccc2)CC2OC(=O)CC21)O[Si](C)(C)C(C)(C)C. The normalized spacial score (nSPS) is 25.9. The van der Waals surface area contributed by atoms with Gasteiger partial charge in [-0.15, -0.1) is 0 Å². The lowest BCUT2D eigenvalue weighted by molar-refractivity contribution is -0.141. The summed E-state index contributed by atoms with van der Waals surface area (Å²) in [4.78, 5) is 24.8. The van der Waals surface area contributed by atoms with Crippen molar-refractivity contribution in [3.05, 3.63) is 48.0 Å². The third kappa shape index (κ3) is 6.60. The molecule has 188 valence electrons. The largest absolute Gasteiger partial charge is 0.462 e. The summed E-state index contributed by atoms with van der Waals surface area (Å²) < 4.78 is 18.3. The molecule has 5 nitrogen and oxygen atoms in total. The zero-order valence-corrected chi connectivity index (χ0v) is 22.7. The maximum Gasteiger partial charge on any atom is 0.338 e. The standard InChI is InChI=1S/C28H42O5Si/c1-7-8-10-15-21(33-34(5,6)28(2,3)4)16-17-22-23-18-26(29)31-25(23)19-24(22)32-27(30)20-13-11-9-12-14-20/h9,11-14,16-17,21-25H,7-8,10,15,18-19H2,1-6H3. The number of carbonyl (C=O) groups is 2. The molecule has 5 unspecified atom stereocenters. The van der Waals surface area contributed by atoms with E-state index in [1.807, 2.05) is 18.2 Å². The van der Waals surface area contributed by atoms with E-state index in [1.165, 1.54) is 12.8 Å². The molecule has 1 saturated heterocycles. The molecule has 2 aliphatic rings. The summed E-state index contributed by atoms with van der Waals surface area (Å²) in [5, 5.41) is 0.127. The van der Waals surface area contributed by atoms with Crippen LogP contribution in [-0.2, 0) is 18.7 Å². The summed E-state index contributed by atoms with van der Waals surface area (Å²) in [5.74, 6) is -0.493. The molecule has 1 aliphatic heterocycles. The highest BCUT2D eigenvalue weighted by atomic mass is 28.4. The van der Waals surface area contributed by atoms with Crippen molar-refractivity contribution in [3.8, 4) is 0 Å². The molecule has 0 N–H and O–H groups in total. The molecule has 1 saturated carbocycles.